The highest BCUT2D eigenvalue weighted by Crippen LogP contribution is 2.45. The summed E-state index contributed by atoms with van der Waals surface area (Å²) in [6, 6.07) is 5.53. The zero-order valence-electron chi connectivity index (χ0n) is 24.7. The Hall–Kier alpha value is -3.38. The minimum Gasteiger partial charge on any atom is -0.444 e. The Morgan fingerprint density at radius 1 is 1.14 bits per heavy atom. The SMILES string of the molecule is CC(C)(C)OC(=O)N1CCC[C@H](Nc2ncc(C(F)(F)F)c(-c3c[nH]c4c(C5CCC6(CC5)OCCO6)cccc34)n2)C1. The lowest BCUT2D eigenvalue weighted by molar-refractivity contribution is -0.178. The Bertz CT molecular complexity index is 1470. The Morgan fingerprint density at radius 2 is 1.88 bits per heavy atom. The molecule has 43 heavy (non-hydrogen) atoms. The third kappa shape index (κ3) is 6.31. The average molecular weight is 602 g/mol. The van der Waals surface area contributed by atoms with Crippen molar-refractivity contribution in [1.82, 2.24) is 19.9 Å². The molecule has 9 nitrogen and oxygen atoms in total. The van der Waals surface area contributed by atoms with Crippen molar-refractivity contribution in [3.63, 3.8) is 0 Å². The van der Waals surface area contributed by atoms with Crippen molar-refractivity contribution in [2.24, 2.45) is 0 Å². The molecule has 3 aliphatic rings. The minimum absolute atomic E-state index is 0.0821. The van der Waals surface area contributed by atoms with E-state index in [1.165, 1.54) is 0 Å². The number of nitrogens with one attached hydrogen (secondary N) is 2. The second kappa shape index (κ2) is 11.3. The van der Waals surface area contributed by atoms with E-state index in [-0.39, 0.29) is 23.6 Å². The van der Waals surface area contributed by atoms with Crippen LogP contribution < -0.4 is 5.32 Å². The summed E-state index contributed by atoms with van der Waals surface area (Å²) in [6.07, 6.45) is 2.11. The van der Waals surface area contributed by atoms with E-state index in [0.717, 1.165) is 49.4 Å². The van der Waals surface area contributed by atoms with Gasteiger partial charge >= 0.3 is 12.3 Å². The molecule has 1 spiro atoms. The smallest absolute Gasteiger partial charge is 0.419 e. The first-order chi connectivity index (χ1) is 20.4. The molecule has 3 fully saturated rings. The van der Waals surface area contributed by atoms with E-state index in [0.29, 0.717) is 43.7 Å². The number of benzene rings is 1. The van der Waals surface area contributed by atoms with E-state index in [4.69, 9.17) is 14.2 Å². The summed E-state index contributed by atoms with van der Waals surface area (Å²) in [5.41, 5.74) is 0.528. The zero-order valence-corrected chi connectivity index (χ0v) is 24.7. The number of alkyl halides is 3. The molecular formula is C31H38F3N5O4. The Kier molecular flexibility index (Phi) is 7.78. The number of aromatic nitrogens is 3. The van der Waals surface area contributed by atoms with E-state index >= 15 is 0 Å². The summed E-state index contributed by atoms with van der Waals surface area (Å²) in [5, 5.41) is 3.85. The lowest BCUT2D eigenvalue weighted by Gasteiger charge is -2.35. The zero-order chi connectivity index (χ0) is 30.4. The van der Waals surface area contributed by atoms with Crippen LogP contribution in [0, 0.1) is 0 Å². The number of ether oxygens (including phenoxy) is 3. The summed E-state index contributed by atoms with van der Waals surface area (Å²) in [7, 11) is 0. The highest BCUT2D eigenvalue weighted by atomic mass is 19.4. The highest BCUT2D eigenvalue weighted by molar-refractivity contribution is 5.97. The fourth-order valence-electron chi connectivity index (χ4n) is 6.50. The molecule has 0 radical (unpaired) electrons. The molecule has 2 aliphatic heterocycles. The van der Waals surface area contributed by atoms with Crippen molar-refractivity contribution in [2.75, 3.05) is 31.6 Å². The quantitative estimate of drug-likeness (QED) is 0.337. The van der Waals surface area contributed by atoms with E-state index in [1.54, 1.807) is 31.9 Å². The second-order valence-electron chi connectivity index (χ2n) is 12.7. The lowest BCUT2D eigenvalue weighted by atomic mass is 9.80. The molecule has 4 heterocycles. The Labute approximate surface area is 248 Å². The van der Waals surface area contributed by atoms with Crippen molar-refractivity contribution in [1.29, 1.82) is 0 Å². The van der Waals surface area contributed by atoms with Gasteiger partial charge in [0.15, 0.2) is 5.79 Å². The van der Waals surface area contributed by atoms with Crippen LogP contribution in [-0.2, 0) is 20.4 Å². The monoisotopic (exact) mass is 601 g/mol. The third-order valence-electron chi connectivity index (χ3n) is 8.50. The number of hydrogen-bond acceptors (Lipinski definition) is 7. The number of hydrogen-bond donors (Lipinski definition) is 2. The summed E-state index contributed by atoms with van der Waals surface area (Å²) in [5.74, 6) is -0.171. The van der Waals surface area contributed by atoms with Gasteiger partial charge in [-0.15, -0.1) is 0 Å². The van der Waals surface area contributed by atoms with Crippen molar-refractivity contribution in [3.8, 4) is 11.3 Å². The highest BCUT2D eigenvalue weighted by Gasteiger charge is 2.41. The van der Waals surface area contributed by atoms with Crippen LogP contribution in [0.3, 0.4) is 0 Å². The summed E-state index contributed by atoms with van der Waals surface area (Å²) in [4.78, 5) is 25.9. The van der Waals surface area contributed by atoms with Gasteiger partial charge in [0.2, 0.25) is 5.95 Å². The number of rotatable bonds is 4. The van der Waals surface area contributed by atoms with Crippen molar-refractivity contribution in [2.45, 2.75) is 88.8 Å². The maximum atomic E-state index is 14.2. The molecule has 1 atom stereocenters. The molecular weight excluding hydrogens is 563 g/mol. The van der Waals surface area contributed by atoms with Gasteiger partial charge in [-0.05, 0) is 57.9 Å². The fraction of sp³-hybridized carbons (Fsp3) is 0.581. The molecule has 12 heteroatoms. The van der Waals surface area contributed by atoms with Crippen LogP contribution in [0.2, 0.25) is 0 Å². The van der Waals surface area contributed by atoms with Crippen LogP contribution >= 0.6 is 0 Å². The predicted octanol–water partition coefficient (Wildman–Crippen LogP) is 6.86. The van der Waals surface area contributed by atoms with Gasteiger partial charge in [0, 0.05) is 60.8 Å². The summed E-state index contributed by atoms with van der Waals surface area (Å²) >= 11 is 0. The molecule has 0 bridgehead atoms. The summed E-state index contributed by atoms with van der Waals surface area (Å²) < 4.78 is 59.9. The van der Waals surface area contributed by atoms with Crippen LogP contribution in [0.15, 0.2) is 30.6 Å². The van der Waals surface area contributed by atoms with Crippen LogP contribution in [-0.4, -0.2) is 69.7 Å². The number of halogens is 3. The fourth-order valence-corrected chi connectivity index (χ4v) is 6.50. The maximum Gasteiger partial charge on any atom is 0.419 e. The van der Waals surface area contributed by atoms with Gasteiger partial charge in [-0.25, -0.2) is 14.8 Å². The maximum absolute atomic E-state index is 14.2. The largest absolute Gasteiger partial charge is 0.444 e. The van der Waals surface area contributed by atoms with Gasteiger partial charge in [-0.2, -0.15) is 13.2 Å². The Balaban J connectivity index is 1.27. The van der Waals surface area contributed by atoms with Crippen LogP contribution in [0.4, 0.5) is 23.9 Å². The number of amides is 1. The van der Waals surface area contributed by atoms with E-state index in [2.05, 4.69) is 20.3 Å². The summed E-state index contributed by atoms with van der Waals surface area (Å²) in [6.45, 7) is 7.53. The van der Waals surface area contributed by atoms with E-state index < -0.39 is 29.2 Å². The second-order valence-corrected chi connectivity index (χ2v) is 12.7. The molecule has 1 aliphatic carbocycles. The third-order valence-corrected chi connectivity index (χ3v) is 8.50. The molecule has 1 aromatic carbocycles. The van der Waals surface area contributed by atoms with Gasteiger partial charge in [-0.3, -0.25) is 0 Å². The van der Waals surface area contributed by atoms with Gasteiger partial charge < -0.3 is 29.4 Å². The number of aromatic amines is 1. The van der Waals surface area contributed by atoms with Gasteiger partial charge in [-0.1, -0.05) is 18.2 Å². The predicted molar refractivity (Wildman–Crippen MR) is 155 cm³/mol. The molecule has 1 amide bonds. The van der Waals surface area contributed by atoms with Gasteiger partial charge in [0.25, 0.3) is 0 Å². The van der Waals surface area contributed by atoms with Crippen molar-refractivity contribution in [3.05, 3.63) is 41.7 Å². The average Bonchev–Trinajstić information content (AvgIpc) is 3.59. The molecule has 1 saturated carbocycles. The number of carbonyl (C=O) groups excluding carboxylic acids is 1. The Morgan fingerprint density at radius 3 is 2.58 bits per heavy atom. The number of likely N-dealkylation sites (tertiary alicyclic amines) is 1. The minimum atomic E-state index is -4.65. The number of fused-ring (bicyclic) bond motifs is 1. The molecule has 2 aromatic heterocycles. The lowest BCUT2D eigenvalue weighted by Crippen LogP contribution is -2.47. The topological polar surface area (TPSA) is 102 Å². The number of H-pyrrole nitrogens is 1. The first-order valence-electron chi connectivity index (χ1n) is 15.0. The molecule has 6 rings (SSSR count). The number of para-hydroxylation sites is 1. The molecule has 2 N–H and O–H groups in total. The number of anilines is 1. The molecule has 2 saturated heterocycles. The van der Waals surface area contributed by atoms with Crippen LogP contribution in [0.1, 0.15) is 76.3 Å². The van der Waals surface area contributed by atoms with Gasteiger partial charge in [0.1, 0.15) is 11.2 Å². The van der Waals surface area contributed by atoms with Crippen molar-refractivity contribution < 1.29 is 32.2 Å². The molecule has 0 unspecified atom stereocenters. The number of carbonyl (C=O) groups is 1. The van der Waals surface area contributed by atoms with E-state index in [1.807, 2.05) is 18.2 Å². The molecule has 3 aromatic rings. The van der Waals surface area contributed by atoms with Crippen LogP contribution in [0.5, 0.6) is 0 Å². The number of nitrogens with zero attached hydrogens (tertiary/aromatic N) is 3. The standard InChI is InChI=1S/C31H38F3N5O4/c1-29(2,3)43-28(40)39-13-5-6-20(18-39)37-27-36-17-24(31(32,33)34)26(38-27)23-16-35-25-21(7-4-8-22(23)25)19-9-11-30(12-10-19)41-14-15-42-30/h4,7-8,16-17,19-20,35H,5-6,9-15,18H2,1-3H3,(H,36,37,38)/t20-/m0/s1. The first kappa shape index (κ1) is 29.7. The molecule has 232 valence electrons. The van der Waals surface area contributed by atoms with Crippen LogP contribution in [0.25, 0.3) is 22.2 Å². The van der Waals surface area contributed by atoms with Gasteiger partial charge in [0.05, 0.1) is 18.9 Å². The number of piperidine rings is 1. The van der Waals surface area contributed by atoms with Crippen molar-refractivity contribution >= 4 is 22.9 Å². The first-order valence-corrected chi connectivity index (χ1v) is 15.0. The van der Waals surface area contributed by atoms with E-state index in [9.17, 15) is 18.0 Å². The normalized spacial score (nSPS) is 21.4.